The van der Waals surface area contributed by atoms with Crippen molar-refractivity contribution >= 4 is 5.91 Å². The van der Waals surface area contributed by atoms with E-state index in [9.17, 15) is 9.18 Å². The number of aromatic nitrogens is 2. The van der Waals surface area contributed by atoms with Crippen LogP contribution in [0, 0.1) is 11.7 Å². The van der Waals surface area contributed by atoms with Gasteiger partial charge in [-0.05, 0) is 49.1 Å². The molecule has 0 radical (unpaired) electrons. The number of benzene rings is 1. The summed E-state index contributed by atoms with van der Waals surface area (Å²) >= 11 is 0. The van der Waals surface area contributed by atoms with E-state index in [4.69, 9.17) is 5.73 Å². The lowest BCUT2D eigenvalue weighted by Gasteiger charge is -2.37. The number of likely N-dealkylation sites (tertiary alicyclic amines) is 1. The molecule has 2 heterocycles. The third-order valence-electron chi connectivity index (χ3n) is 4.46. The van der Waals surface area contributed by atoms with Gasteiger partial charge in [0, 0.05) is 24.7 Å². The van der Waals surface area contributed by atoms with Crippen molar-refractivity contribution in [2.45, 2.75) is 25.8 Å². The minimum Gasteiger partial charge on any atom is -0.333 e. The van der Waals surface area contributed by atoms with Crippen molar-refractivity contribution in [3.8, 4) is 11.3 Å². The topological polar surface area (TPSA) is 75.0 Å². The maximum atomic E-state index is 13.0. The van der Waals surface area contributed by atoms with E-state index in [1.807, 2.05) is 4.90 Å². The van der Waals surface area contributed by atoms with Gasteiger partial charge in [0.2, 0.25) is 0 Å². The van der Waals surface area contributed by atoms with Crippen molar-refractivity contribution in [2.24, 2.45) is 11.7 Å². The Labute approximate surface area is 134 Å². The Morgan fingerprint density at radius 2 is 2.17 bits per heavy atom. The second-order valence-electron chi connectivity index (χ2n) is 6.19. The number of nitrogens with zero attached hydrogens (tertiary/aromatic N) is 2. The molecule has 1 aromatic carbocycles. The molecule has 1 fully saturated rings. The van der Waals surface area contributed by atoms with E-state index >= 15 is 0 Å². The van der Waals surface area contributed by atoms with Crippen LogP contribution in [0.5, 0.6) is 0 Å². The van der Waals surface area contributed by atoms with Crippen molar-refractivity contribution in [1.82, 2.24) is 15.1 Å². The van der Waals surface area contributed by atoms with Crippen LogP contribution >= 0.6 is 0 Å². The van der Waals surface area contributed by atoms with Crippen LogP contribution in [-0.4, -0.2) is 40.1 Å². The number of hydrogen-bond acceptors (Lipinski definition) is 3. The lowest BCUT2D eigenvalue weighted by Crippen LogP contribution is -2.49. The molecule has 1 amide bonds. The molecule has 3 N–H and O–H groups in total. The molecule has 0 spiro atoms. The van der Waals surface area contributed by atoms with E-state index < -0.39 is 0 Å². The maximum Gasteiger partial charge on any atom is 0.272 e. The first-order chi connectivity index (χ1) is 11.1. The van der Waals surface area contributed by atoms with Gasteiger partial charge in [0.05, 0.1) is 5.69 Å². The Hall–Kier alpha value is -2.21. The highest BCUT2D eigenvalue weighted by Gasteiger charge is 2.30. The Kier molecular flexibility index (Phi) is 4.43. The zero-order valence-electron chi connectivity index (χ0n) is 13.1. The molecule has 2 aromatic rings. The fourth-order valence-corrected chi connectivity index (χ4v) is 3.10. The first-order valence-electron chi connectivity index (χ1n) is 7.91. The van der Waals surface area contributed by atoms with Crippen LogP contribution in [0.2, 0.25) is 0 Å². The highest BCUT2D eigenvalue weighted by molar-refractivity contribution is 5.93. The van der Waals surface area contributed by atoms with Gasteiger partial charge in [-0.2, -0.15) is 5.10 Å². The third kappa shape index (κ3) is 3.27. The predicted molar refractivity (Wildman–Crippen MR) is 86.3 cm³/mol. The van der Waals surface area contributed by atoms with Crippen LogP contribution in [0.4, 0.5) is 4.39 Å². The standard InChI is InChI=1S/C17H21FN4O/c1-11-6-7-22(14(8-11)10-19)17(23)16-9-15(20-21-16)12-2-4-13(18)5-3-12/h2-5,9,11,14H,6-8,10,19H2,1H3,(H,20,21). The van der Waals surface area contributed by atoms with Crippen molar-refractivity contribution < 1.29 is 9.18 Å². The van der Waals surface area contributed by atoms with E-state index in [0.29, 0.717) is 30.4 Å². The molecular formula is C17H21FN4O. The molecule has 1 aliphatic heterocycles. The molecule has 0 bridgehead atoms. The second-order valence-corrected chi connectivity index (χ2v) is 6.19. The summed E-state index contributed by atoms with van der Waals surface area (Å²) in [4.78, 5) is 14.5. The van der Waals surface area contributed by atoms with Gasteiger partial charge in [0.15, 0.2) is 0 Å². The first kappa shape index (κ1) is 15.7. The van der Waals surface area contributed by atoms with Crippen LogP contribution in [0.3, 0.4) is 0 Å². The largest absolute Gasteiger partial charge is 0.333 e. The van der Waals surface area contributed by atoms with Gasteiger partial charge < -0.3 is 10.6 Å². The molecule has 1 aliphatic rings. The normalized spacial score (nSPS) is 21.4. The number of amides is 1. The Balaban J connectivity index is 1.79. The van der Waals surface area contributed by atoms with Crippen molar-refractivity contribution in [2.75, 3.05) is 13.1 Å². The number of aromatic amines is 1. The fourth-order valence-electron chi connectivity index (χ4n) is 3.10. The Morgan fingerprint density at radius 1 is 1.43 bits per heavy atom. The van der Waals surface area contributed by atoms with Crippen molar-refractivity contribution in [1.29, 1.82) is 0 Å². The van der Waals surface area contributed by atoms with E-state index in [0.717, 1.165) is 18.4 Å². The van der Waals surface area contributed by atoms with Gasteiger partial charge in [-0.15, -0.1) is 0 Å². The SMILES string of the molecule is CC1CCN(C(=O)c2cc(-c3ccc(F)cc3)n[nH]2)C(CN)C1. The number of piperidine rings is 1. The minimum absolute atomic E-state index is 0.0730. The molecule has 5 nitrogen and oxygen atoms in total. The summed E-state index contributed by atoms with van der Waals surface area (Å²) in [5.41, 5.74) is 7.66. The summed E-state index contributed by atoms with van der Waals surface area (Å²) in [6, 6.07) is 7.82. The highest BCUT2D eigenvalue weighted by atomic mass is 19.1. The molecule has 2 atom stereocenters. The summed E-state index contributed by atoms with van der Waals surface area (Å²) in [6.07, 6.45) is 1.92. The van der Waals surface area contributed by atoms with Gasteiger partial charge in [-0.1, -0.05) is 6.92 Å². The summed E-state index contributed by atoms with van der Waals surface area (Å²) in [5, 5.41) is 6.97. The molecule has 0 aliphatic carbocycles. The van der Waals surface area contributed by atoms with Gasteiger partial charge in [0.25, 0.3) is 5.91 Å². The molecule has 3 rings (SSSR count). The minimum atomic E-state index is -0.297. The monoisotopic (exact) mass is 316 g/mol. The lowest BCUT2D eigenvalue weighted by molar-refractivity contribution is 0.0567. The van der Waals surface area contributed by atoms with Crippen molar-refractivity contribution in [3.63, 3.8) is 0 Å². The van der Waals surface area contributed by atoms with Crippen LogP contribution in [0.1, 0.15) is 30.3 Å². The van der Waals surface area contributed by atoms with Gasteiger partial charge in [-0.25, -0.2) is 4.39 Å². The zero-order valence-corrected chi connectivity index (χ0v) is 13.1. The van der Waals surface area contributed by atoms with Crippen LogP contribution < -0.4 is 5.73 Å². The Bertz CT molecular complexity index is 682. The number of hydrogen-bond donors (Lipinski definition) is 2. The number of halogens is 1. The molecule has 1 saturated heterocycles. The van der Waals surface area contributed by atoms with E-state index in [1.165, 1.54) is 12.1 Å². The highest BCUT2D eigenvalue weighted by Crippen LogP contribution is 2.24. The van der Waals surface area contributed by atoms with Crippen LogP contribution in [0.15, 0.2) is 30.3 Å². The van der Waals surface area contributed by atoms with Crippen molar-refractivity contribution in [3.05, 3.63) is 41.8 Å². The Morgan fingerprint density at radius 3 is 2.87 bits per heavy atom. The zero-order chi connectivity index (χ0) is 16.4. The van der Waals surface area contributed by atoms with E-state index in [-0.39, 0.29) is 17.8 Å². The molecule has 23 heavy (non-hydrogen) atoms. The molecule has 0 saturated carbocycles. The van der Waals surface area contributed by atoms with Crippen LogP contribution in [0.25, 0.3) is 11.3 Å². The number of nitrogens with one attached hydrogen (secondary N) is 1. The van der Waals surface area contributed by atoms with Crippen LogP contribution in [-0.2, 0) is 0 Å². The predicted octanol–water partition coefficient (Wildman–Crippen LogP) is 2.42. The molecule has 6 heteroatoms. The number of nitrogens with two attached hydrogens (primary N) is 1. The lowest BCUT2D eigenvalue weighted by atomic mass is 9.92. The van der Waals surface area contributed by atoms with Gasteiger partial charge >= 0.3 is 0 Å². The molecule has 1 aromatic heterocycles. The average molecular weight is 316 g/mol. The molecule has 122 valence electrons. The van der Waals surface area contributed by atoms with Gasteiger partial charge in [-0.3, -0.25) is 9.89 Å². The number of H-pyrrole nitrogens is 1. The smallest absolute Gasteiger partial charge is 0.272 e. The van der Waals surface area contributed by atoms with E-state index in [1.54, 1.807) is 18.2 Å². The summed E-state index contributed by atoms with van der Waals surface area (Å²) in [5.74, 6) is 0.214. The third-order valence-corrected chi connectivity index (χ3v) is 4.46. The molecule has 2 unspecified atom stereocenters. The average Bonchev–Trinajstić information content (AvgIpc) is 3.04. The number of rotatable bonds is 3. The fraction of sp³-hybridized carbons (Fsp3) is 0.412. The number of carbonyl (C=O) groups is 1. The maximum absolute atomic E-state index is 13.0. The first-order valence-corrected chi connectivity index (χ1v) is 7.91. The second kappa shape index (κ2) is 6.50. The summed E-state index contributed by atoms with van der Waals surface area (Å²) in [6.45, 7) is 3.37. The summed E-state index contributed by atoms with van der Waals surface area (Å²) < 4.78 is 13.0. The molecular weight excluding hydrogens is 295 g/mol. The quantitative estimate of drug-likeness (QED) is 0.913. The van der Waals surface area contributed by atoms with E-state index in [2.05, 4.69) is 17.1 Å². The summed E-state index contributed by atoms with van der Waals surface area (Å²) in [7, 11) is 0. The number of carbonyl (C=O) groups excluding carboxylic acids is 1. The van der Waals surface area contributed by atoms with Gasteiger partial charge in [0.1, 0.15) is 11.5 Å².